The minimum atomic E-state index is -0.293. The van der Waals surface area contributed by atoms with Crippen molar-refractivity contribution < 1.29 is 9.53 Å². The third kappa shape index (κ3) is 5.84. The molecule has 35 heavy (non-hydrogen) atoms. The summed E-state index contributed by atoms with van der Waals surface area (Å²) in [5.74, 6) is 0.907. The summed E-state index contributed by atoms with van der Waals surface area (Å²) in [5, 5.41) is 15.3. The Kier molecular flexibility index (Phi) is 7.41. The van der Waals surface area contributed by atoms with Gasteiger partial charge in [-0.15, -0.1) is 10.2 Å². The van der Waals surface area contributed by atoms with Crippen LogP contribution < -0.4 is 15.4 Å². The molecule has 3 aromatic carbocycles. The van der Waals surface area contributed by atoms with Gasteiger partial charge in [0.05, 0.1) is 12.3 Å². The van der Waals surface area contributed by atoms with Crippen LogP contribution in [0.5, 0.6) is 5.75 Å². The number of fused-ring (bicyclic) bond motifs is 1. The van der Waals surface area contributed by atoms with Crippen molar-refractivity contribution in [3.05, 3.63) is 77.4 Å². The summed E-state index contributed by atoms with van der Waals surface area (Å²) < 4.78 is 5.56. The third-order valence-corrected chi connectivity index (χ3v) is 5.79. The molecule has 8 heteroatoms. The van der Waals surface area contributed by atoms with E-state index in [1.165, 1.54) is 5.56 Å². The smallest absolute Gasteiger partial charge is 0.257 e. The lowest BCUT2D eigenvalue weighted by molar-refractivity contribution is 0.0977. The highest BCUT2D eigenvalue weighted by molar-refractivity contribution is 7.80. The predicted molar refractivity (Wildman–Crippen MR) is 144 cm³/mol. The van der Waals surface area contributed by atoms with Crippen molar-refractivity contribution >= 4 is 40.0 Å². The lowest BCUT2D eigenvalue weighted by Crippen LogP contribution is -2.34. The van der Waals surface area contributed by atoms with Gasteiger partial charge in [0.25, 0.3) is 5.91 Å². The van der Waals surface area contributed by atoms with Crippen LogP contribution in [0.25, 0.3) is 16.7 Å². The van der Waals surface area contributed by atoms with Gasteiger partial charge in [-0.3, -0.25) is 10.1 Å². The topological polar surface area (TPSA) is 81.1 Å². The van der Waals surface area contributed by atoms with Crippen molar-refractivity contribution in [3.63, 3.8) is 0 Å². The average Bonchev–Trinajstić information content (AvgIpc) is 3.26. The molecule has 0 unspecified atom stereocenters. The molecule has 0 aliphatic heterocycles. The number of aromatic nitrogens is 3. The summed E-state index contributed by atoms with van der Waals surface area (Å²) in [4.78, 5) is 14.2. The van der Waals surface area contributed by atoms with E-state index < -0.39 is 0 Å². The minimum Gasteiger partial charge on any atom is -0.494 e. The van der Waals surface area contributed by atoms with Crippen molar-refractivity contribution in [1.29, 1.82) is 0 Å². The zero-order chi connectivity index (χ0) is 24.9. The van der Waals surface area contributed by atoms with Crippen LogP contribution in [0.1, 0.15) is 54.6 Å². The van der Waals surface area contributed by atoms with E-state index in [0.29, 0.717) is 18.1 Å². The number of nitrogens with zero attached hydrogens (tertiary/aromatic N) is 3. The Morgan fingerprint density at radius 2 is 1.69 bits per heavy atom. The van der Waals surface area contributed by atoms with Gasteiger partial charge in [-0.2, -0.15) is 4.80 Å². The number of hydrogen-bond donors (Lipinski definition) is 2. The van der Waals surface area contributed by atoms with Crippen LogP contribution in [0, 0.1) is 6.92 Å². The Labute approximate surface area is 210 Å². The summed E-state index contributed by atoms with van der Waals surface area (Å²) in [6.45, 7) is 8.97. The Hall–Kier alpha value is -3.78. The molecule has 0 fully saturated rings. The molecular formula is C27H29N5O2S. The molecule has 0 aliphatic rings. The maximum atomic E-state index is 12.6. The summed E-state index contributed by atoms with van der Waals surface area (Å²) in [7, 11) is 0. The molecular weight excluding hydrogens is 458 g/mol. The van der Waals surface area contributed by atoms with Gasteiger partial charge in [-0.05, 0) is 91.1 Å². The highest BCUT2D eigenvalue weighted by Gasteiger charge is 2.12. The first-order valence-electron chi connectivity index (χ1n) is 11.7. The number of nitrogens with one attached hydrogen (secondary N) is 2. The van der Waals surface area contributed by atoms with Crippen LogP contribution >= 0.6 is 12.2 Å². The molecule has 7 nitrogen and oxygen atoms in total. The van der Waals surface area contributed by atoms with Gasteiger partial charge in [0.15, 0.2) is 5.11 Å². The molecule has 2 N–H and O–H groups in total. The number of rotatable bonds is 7. The normalized spacial score (nSPS) is 11.0. The highest BCUT2D eigenvalue weighted by atomic mass is 32.1. The van der Waals surface area contributed by atoms with Crippen LogP contribution in [-0.2, 0) is 0 Å². The second-order valence-corrected chi connectivity index (χ2v) is 9.08. The quantitative estimate of drug-likeness (QED) is 0.322. The van der Waals surface area contributed by atoms with Crippen LogP contribution in [0.2, 0.25) is 0 Å². The van der Waals surface area contributed by atoms with E-state index in [-0.39, 0.29) is 11.0 Å². The number of benzene rings is 3. The van der Waals surface area contributed by atoms with Gasteiger partial charge in [-0.1, -0.05) is 32.9 Å². The standard InChI is InChI=1S/C27H29N5O2S/c1-5-14-34-22-12-8-20(9-13-22)26(33)29-27(35)28-23-16-25-24(15-18(23)4)30-32(31-25)21-10-6-19(7-11-21)17(2)3/h6-13,15-17H,5,14H2,1-4H3,(H2,28,29,33,35). The molecule has 1 amide bonds. The minimum absolute atomic E-state index is 0.209. The fourth-order valence-corrected chi connectivity index (χ4v) is 3.76. The van der Waals surface area contributed by atoms with E-state index in [1.807, 2.05) is 38.1 Å². The number of aryl methyl sites for hydroxylation is 1. The first-order valence-corrected chi connectivity index (χ1v) is 12.1. The van der Waals surface area contributed by atoms with Crippen molar-refractivity contribution in [2.75, 3.05) is 11.9 Å². The number of ether oxygens (including phenoxy) is 1. The number of thiocarbonyl (C=S) groups is 1. The van der Waals surface area contributed by atoms with Crippen molar-refractivity contribution in [2.24, 2.45) is 0 Å². The largest absolute Gasteiger partial charge is 0.494 e. The lowest BCUT2D eigenvalue weighted by atomic mass is 10.0. The predicted octanol–water partition coefficient (Wildman–Crippen LogP) is 5.77. The number of carbonyl (C=O) groups is 1. The highest BCUT2D eigenvalue weighted by Crippen LogP contribution is 2.23. The third-order valence-electron chi connectivity index (χ3n) is 5.58. The number of anilines is 1. The Morgan fingerprint density at radius 3 is 2.31 bits per heavy atom. The maximum absolute atomic E-state index is 12.6. The SMILES string of the molecule is CCCOc1ccc(C(=O)NC(=S)Nc2cc3nn(-c4ccc(C(C)C)cc4)nc3cc2C)cc1. The van der Waals surface area contributed by atoms with E-state index >= 15 is 0 Å². The van der Waals surface area contributed by atoms with E-state index in [9.17, 15) is 4.79 Å². The van der Waals surface area contributed by atoms with E-state index in [1.54, 1.807) is 29.1 Å². The van der Waals surface area contributed by atoms with Gasteiger partial charge in [0, 0.05) is 11.3 Å². The molecule has 0 aliphatic carbocycles. The summed E-state index contributed by atoms with van der Waals surface area (Å²) in [5.41, 5.74) is 5.86. The van der Waals surface area contributed by atoms with Crippen LogP contribution in [0.15, 0.2) is 60.7 Å². The maximum Gasteiger partial charge on any atom is 0.257 e. The molecule has 0 atom stereocenters. The second-order valence-electron chi connectivity index (χ2n) is 8.67. The van der Waals surface area contributed by atoms with Crippen molar-refractivity contribution in [2.45, 2.75) is 40.0 Å². The van der Waals surface area contributed by atoms with Crippen LogP contribution in [-0.4, -0.2) is 32.6 Å². The monoisotopic (exact) mass is 487 g/mol. The van der Waals surface area contributed by atoms with Gasteiger partial charge in [-0.25, -0.2) is 0 Å². The molecule has 180 valence electrons. The number of hydrogen-bond acceptors (Lipinski definition) is 5. The van der Waals surface area contributed by atoms with Crippen LogP contribution in [0.4, 0.5) is 5.69 Å². The van der Waals surface area contributed by atoms with E-state index in [4.69, 9.17) is 17.0 Å². The summed E-state index contributed by atoms with van der Waals surface area (Å²) >= 11 is 5.38. The van der Waals surface area contributed by atoms with Gasteiger partial charge < -0.3 is 10.1 Å². The Balaban J connectivity index is 1.45. The Bertz CT molecular complexity index is 1340. The molecule has 0 saturated heterocycles. The van der Waals surface area contributed by atoms with Gasteiger partial charge in [0.1, 0.15) is 16.8 Å². The molecule has 1 heterocycles. The van der Waals surface area contributed by atoms with E-state index in [2.05, 4.69) is 46.8 Å². The molecule has 4 rings (SSSR count). The van der Waals surface area contributed by atoms with Crippen molar-refractivity contribution in [3.8, 4) is 11.4 Å². The van der Waals surface area contributed by atoms with Gasteiger partial charge >= 0.3 is 0 Å². The van der Waals surface area contributed by atoms with Crippen LogP contribution in [0.3, 0.4) is 0 Å². The molecule has 4 aromatic rings. The summed E-state index contributed by atoms with van der Waals surface area (Å²) in [6.07, 6.45) is 0.926. The second kappa shape index (κ2) is 10.7. The fourth-order valence-electron chi connectivity index (χ4n) is 3.56. The molecule has 0 bridgehead atoms. The zero-order valence-corrected chi connectivity index (χ0v) is 21.1. The number of carbonyl (C=O) groups excluding carboxylic acids is 1. The molecule has 0 saturated carbocycles. The molecule has 1 aromatic heterocycles. The molecule has 0 radical (unpaired) electrons. The molecule has 0 spiro atoms. The summed E-state index contributed by atoms with van der Waals surface area (Å²) in [6, 6.07) is 19.0. The van der Waals surface area contributed by atoms with Gasteiger partial charge in [0.2, 0.25) is 0 Å². The number of amides is 1. The fraction of sp³-hybridized carbons (Fsp3) is 0.259. The average molecular weight is 488 g/mol. The Morgan fingerprint density at radius 1 is 1.03 bits per heavy atom. The zero-order valence-electron chi connectivity index (χ0n) is 20.3. The lowest BCUT2D eigenvalue weighted by Gasteiger charge is -2.12. The van der Waals surface area contributed by atoms with E-state index in [0.717, 1.165) is 40.1 Å². The first-order chi connectivity index (χ1) is 16.8. The first kappa shape index (κ1) is 24.3. The van der Waals surface area contributed by atoms with Crippen molar-refractivity contribution in [1.82, 2.24) is 20.3 Å².